The zero-order chi connectivity index (χ0) is 42.7. The molecule has 2 aliphatic rings. The van der Waals surface area contributed by atoms with E-state index in [1.807, 2.05) is 48.6 Å². The molecule has 2 aliphatic heterocycles. The number of aromatic amines is 2. The van der Waals surface area contributed by atoms with Gasteiger partial charge in [0.25, 0.3) is 0 Å². The summed E-state index contributed by atoms with van der Waals surface area (Å²) >= 11 is 0. The monoisotopic (exact) mass is 849 g/mol. The molecule has 0 saturated carbocycles. The second-order valence-electron chi connectivity index (χ2n) is 12.5. The van der Waals surface area contributed by atoms with Gasteiger partial charge in [0, 0.05) is 22.1 Å². The SMILES string of the molecule is C1=Cc2cc3ccc(cc4nc(cc5ccc(cc1n2)[nH]5)C=C4)[nH]3.O=C([O-])c1ccccc1.O=C([O-])c1ccccc1.O=C([O-])c1ccccc1.O=C([O-])c1ccccc1.[Mn+4]. The Hall–Kier alpha value is -8.12. The fourth-order valence-corrected chi connectivity index (χ4v) is 5.24. The maximum atomic E-state index is 10.1. The third-order valence-electron chi connectivity index (χ3n) is 8.08. The third kappa shape index (κ3) is 15.3. The summed E-state index contributed by atoms with van der Waals surface area (Å²) in [4.78, 5) is 56.4. The molecule has 0 amide bonds. The summed E-state index contributed by atoms with van der Waals surface area (Å²) in [7, 11) is 0. The van der Waals surface area contributed by atoms with E-state index < -0.39 is 23.9 Å². The van der Waals surface area contributed by atoms with Crippen LogP contribution in [-0.4, -0.2) is 43.8 Å². The van der Waals surface area contributed by atoms with E-state index in [4.69, 9.17) is 0 Å². The Labute approximate surface area is 360 Å². The number of nitrogens with zero attached hydrogens (tertiary/aromatic N) is 2. The molecule has 0 aliphatic carbocycles. The minimum absolute atomic E-state index is 0. The predicted molar refractivity (Wildman–Crippen MR) is 222 cm³/mol. The summed E-state index contributed by atoms with van der Waals surface area (Å²) in [5.74, 6) is -4.52. The summed E-state index contributed by atoms with van der Waals surface area (Å²) in [5.41, 5.74) is 8.74. The molecule has 12 nitrogen and oxygen atoms in total. The number of aromatic carboxylic acids is 4. The maximum Gasteiger partial charge on any atom is 4.00 e. The van der Waals surface area contributed by atoms with E-state index in [0.29, 0.717) is 0 Å². The topological polar surface area (TPSA) is 218 Å². The fraction of sp³-hybridized carbons (Fsp3) is 0. The molecular weight excluding hydrogens is 815 g/mol. The minimum Gasteiger partial charge on any atom is -0.545 e. The molecule has 13 heteroatoms. The van der Waals surface area contributed by atoms with Crippen LogP contribution in [0.1, 0.15) is 64.2 Å². The summed E-state index contributed by atoms with van der Waals surface area (Å²) in [5, 5.41) is 40.4. The molecule has 301 valence electrons. The Balaban J connectivity index is 0.000000185. The summed E-state index contributed by atoms with van der Waals surface area (Å²) in [6.07, 6.45) is 8.09. The van der Waals surface area contributed by atoms with E-state index in [-0.39, 0.29) is 39.3 Å². The molecule has 9 rings (SSSR count). The number of rotatable bonds is 4. The van der Waals surface area contributed by atoms with Crippen LogP contribution >= 0.6 is 0 Å². The third-order valence-corrected chi connectivity index (χ3v) is 8.08. The molecule has 3 aromatic heterocycles. The van der Waals surface area contributed by atoms with Crippen molar-refractivity contribution >= 4 is 70.2 Å². The van der Waals surface area contributed by atoms with Gasteiger partial charge in [0.2, 0.25) is 0 Å². The summed E-state index contributed by atoms with van der Waals surface area (Å²) in [6, 6.07) is 48.6. The Bertz CT molecular complexity index is 2400. The van der Waals surface area contributed by atoms with Crippen molar-refractivity contribution in [2.75, 3.05) is 0 Å². The average Bonchev–Trinajstić information content (AvgIpc) is 4.11. The average molecular weight is 850 g/mol. The van der Waals surface area contributed by atoms with Gasteiger partial charge in [0.05, 0.1) is 46.7 Å². The van der Waals surface area contributed by atoms with Gasteiger partial charge in [0.15, 0.2) is 0 Å². The molecule has 0 saturated heterocycles. The first kappa shape index (κ1) is 45.6. The molecule has 7 aromatic rings. The van der Waals surface area contributed by atoms with Crippen LogP contribution in [-0.2, 0) is 17.1 Å². The van der Waals surface area contributed by atoms with E-state index in [9.17, 15) is 39.6 Å². The number of fused-ring (bicyclic) bond motifs is 8. The van der Waals surface area contributed by atoms with Crippen molar-refractivity contribution in [2.45, 2.75) is 0 Å². The number of nitrogens with one attached hydrogen (secondary N) is 2. The molecule has 0 unspecified atom stereocenters. The molecule has 5 heterocycles. The van der Waals surface area contributed by atoms with Gasteiger partial charge in [0.1, 0.15) is 0 Å². The largest absolute Gasteiger partial charge is 4.00 e. The fourth-order valence-electron chi connectivity index (χ4n) is 5.24. The van der Waals surface area contributed by atoms with Gasteiger partial charge in [-0.15, -0.1) is 0 Å². The van der Waals surface area contributed by atoms with E-state index in [2.05, 4.69) is 44.2 Å². The van der Waals surface area contributed by atoms with Crippen molar-refractivity contribution in [3.8, 4) is 0 Å². The van der Waals surface area contributed by atoms with E-state index >= 15 is 0 Å². The van der Waals surface area contributed by atoms with Crippen molar-refractivity contribution in [3.05, 3.63) is 215 Å². The minimum atomic E-state index is -1.13. The van der Waals surface area contributed by atoms with Gasteiger partial charge in [-0.2, -0.15) is 0 Å². The van der Waals surface area contributed by atoms with Gasteiger partial charge in [-0.3, -0.25) is 0 Å². The number of benzene rings is 4. The number of hydrogen-bond acceptors (Lipinski definition) is 10. The van der Waals surface area contributed by atoms with Gasteiger partial charge in [-0.1, -0.05) is 121 Å². The number of carboxylic acid groups (broad SMARTS) is 4. The van der Waals surface area contributed by atoms with Crippen molar-refractivity contribution in [1.82, 2.24) is 19.9 Å². The van der Waals surface area contributed by atoms with Crippen LogP contribution in [0.4, 0.5) is 0 Å². The number of H-pyrrole nitrogens is 2. The van der Waals surface area contributed by atoms with Crippen LogP contribution in [0.5, 0.6) is 0 Å². The second kappa shape index (κ2) is 23.3. The van der Waals surface area contributed by atoms with Crippen LogP contribution in [0, 0.1) is 0 Å². The van der Waals surface area contributed by atoms with Gasteiger partial charge >= 0.3 is 17.1 Å². The van der Waals surface area contributed by atoms with Gasteiger partial charge in [-0.05, 0) is 95.1 Å². The van der Waals surface area contributed by atoms with Crippen molar-refractivity contribution in [2.24, 2.45) is 0 Å². The van der Waals surface area contributed by atoms with Crippen molar-refractivity contribution in [1.29, 1.82) is 0 Å². The van der Waals surface area contributed by atoms with E-state index in [1.165, 1.54) is 48.5 Å². The summed E-state index contributed by atoms with van der Waals surface area (Å²) in [6.45, 7) is 0. The first-order valence-corrected chi connectivity index (χ1v) is 18.1. The zero-order valence-electron chi connectivity index (χ0n) is 32.0. The van der Waals surface area contributed by atoms with Crippen molar-refractivity contribution in [3.63, 3.8) is 0 Å². The molecule has 0 spiro atoms. The number of carbonyl (C=O) groups excluding carboxylic acids is 4. The van der Waals surface area contributed by atoms with E-state index in [1.54, 1.807) is 72.8 Å². The molecule has 1 radical (unpaired) electrons. The number of carbonyl (C=O) groups is 4. The van der Waals surface area contributed by atoms with Gasteiger partial charge in [-0.25, -0.2) is 9.97 Å². The molecule has 0 fully saturated rings. The Morgan fingerprint density at radius 1 is 0.328 bits per heavy atom. The van der Waals surface area contributed by atoms with Crippen molar-refractivity contribution < 1.29 is 56.7 Å². The quantitative estimate of drug-likeness (QED) is 0.229. The molecule has 2 N–H and O–H groups in total. The second-order valence-corrected chi connectivity index (χ2v) is 12.5. The number of aromatic nitrogens is 4. The molecule has 4 aromatic carbocycles. The molecule has 61 heavy (non-hydrogen) atoms. The van der Waals surface area contributed by atoms with Crippen LogP contribution in [0.15, 0.2) is 170 Å². The van der Waals surface area contributed by atoms with Crippen LogP contribution in [0.2, 0.25) is 0 Å². The molecular formula is C48H34MnN4O8. The standard InChI is InChI=1S/C20H14N4.4C7H6O2.Mn/c1-2-14-10-16-5-6-18(23-16)12-20-8-7-19(24-20)11-17-4-3-15(22-17)9-13(1)21-14;4*8-7(9)6-4-2-1-3-5-6;/h1-12,21,24H;4*1-5H,(H,8,9);/q;;;;;+4/p-4. The first-order valence-electron chi connectivity index (χ1n) is 18.1. The van der Waals surface area contributed by atoms with Crippen LogP contribution in [0.3, 0.4) is 0 Å². The van der Waals surface area contributed by atoms with E-state index in [0.717, 1.165) is 44.8 Å². The Kier molecular flexibility index (Phi) is 17.4. The normalized spacial score (nSPS) is 10.2. The first-order chi connectivity index (χ1) is 29.0. The predicted octanol–water partition coefficient (Wildman–Crippen LogP) is 4.85. The zero-order valence-corrected chi connectivity index (χ0v) is 33.2. The number of hydrogen-bond donors (Lipinski definition) is 2. The molecule has 0 atom stereocenters. The summed E-state index contributed by atoms with van der Waals surface area (Å²) < 4.78 is 0. The van der Waals surface area contributed by atoms with Crippen LogP contribution < -0.4 is 20.4 Å². The maximum absolute atomic E-state index is 10.1. The Morgan fingerprint density at radius 2 is 0.525 bits per heavy atom. The Morgan fingerprint density at radius 3 is 0.689 bits per heavy atom. The van der Waals surface area contributed by atoms with Gasteiger partial charge < -0.3 is 49.6 Å². The molecule has 8 bridgehead atoms. The smallest absolute Gasteiger partial charge is 0.545 e. The number of carboxylic acids is 4. The van der Waals surface area contributed by atoms with Crippen LogP contribution in [0.25, 0.3) is 46.4 Å².